The minimum atomic E-state index is -0.552. The van der Waals surface area contributed by atoms with Crippen molar-refractivity contribution in [3.8, 4) is 0 Å². The van der Waals surface area contributed by atoms with Crippen molar-refractivity contribution in [1.82, 2.24) is 0 Å². The molecule has 4 saturated carbocycles. The highest BCUT2D eigenvalue weighted by atomic mass is 16.6. The van der Waals surface area contributed by atoms with Crippen molar-refractivity contribution in [2.75, 3.05) is 6.54 Å². The first-order valence-corrected chi connectivity index (χ1v) is 8.80. The fraction of sp³-hybridized carbons (Fsp3) is 0.667. The van der Waals surface area contributed by atoms with E-state index in [0.29, 0.717) is 12.1 Å². The van der Waals surface area contributed by atoms with Gasteiger partial charge in [-0.15, -0.1) is 0 Å². The van der Waals surface area contributed by atoms with Gasteiger partial charge in [-0.3, -0.25) is 10.1 Å². The zero-order chi connectivity index (χ0) is 16.0. The summed E-state index contributed by atoms with van der Waals surface area (Å²) in [6, 6.07) is 6.30. The van der Waals surface area contributed by atoms with Crippen LogP contribution in [-0.4, -0.2) is 22.1 Å². The fourth-order valence-corrected chi connectivity index (χ4v) is 5.74. The molecule has 1 aromatic rings. The Morgan fingerprint density at radius 1 is 1.13 bits per heavy atom. The molecule has 0 heterocycles. The standard InChI is InChI=1S/C18H24N2O3/c21-17(15-1-3-16(4-2-15)20(22)23)11-19-18-8-12-5-13(9-18)7-14(6-12)10-18/h1-4,12-14,17,19,21H,5-11H2/p+1/t12?,13?,14?,17-,18?/m1/s1. The average Bonchev–Trinajstić information content (AvgIpc) is 2.51. The van der Waals surface area contributed by atoms with Crippen LogP contribution < -0.4 is 5.32 Å². The number of nitrogens with two attached hydrogens (primary N) is 1. The van der Waals surface area contributed by atoms with Gasteiger partial charge in [0.1, 0.15) is 12.6 Å². The van der Waals surface area contributed by atoms with Crippen LogP contribution in [0.5, 0.6) is 0 Å². The quantitative estimate of drug-likeness (QED) is 0.645. The molecular formula is C18H25N2O3+. The van der Waals surface area contributed by atoms with E-state index < -0.39 is 11.0 Å². The molecule has 124 valence electrons. The van der Waals surface area contributed by atoms with Crippen LogP contribution in [0.1, 0.15) is 50.2 Å². The molecule has 0 saturated heterocycles. The van der Waals surface area contributed by atoms with Gasteiger partial charge in [0.2, 0.25) is 0 Å². The Balaban J connectivity index is 1.39. The summed E-state index contributed by atoms with van der Waals surface area (Å²) in [6.07, 6.45) is 7.67. The molecule has 23 heavy (non-hydrogen) atoms. The van der Waals surface area contributed by atoms with Gasteiger partial charge in [-0.2, -0.15) is 0 Å². The van der Waals surface area contributed by atoms with Gasteiger partial charge >= 0.3 is 0 Å². The van der Waals surface area contributed by atoms with E-state index in [1.807, 2.05) is 0 Å². The molecule has 4 bridgehead atoms. The minimum Gasteiger partial charge on any atom is -0.382 e. The highest BCUT2D eigenvalue weighted by Crippen LogP contribution is 2.54. The van der Waals surface area contributed by atoms with E-state index >= 15 is 0 Å². The van der Waals surface area contributed by atoms with E-state index in [1.165, 1.54) is 50.7 Å². The van der Waals surface area contributed by atoms with Gasteiger partial charge in [-0.1, -0.05) is 0 Å². The molecule has 1 aromatic carbocycles. The van der Waals surface area contributed by atoms with Crippen LogP contribution in [0, 0.1) is 27.9 Å². The summed E-state index contributed by atoms with van der Waals surface area (Å²) in [5.41, 5.74) is 1.21. The number of hydrogen-bond acceptors (Lipinski definition) is 3. The first-order chi connectivity index (χ1) is 11.0. The molecule has 1 atom stereocenters. The maximum Gasteiger partial charge on any atom is 0.269 e. The number of aliphatic hydroxyl groups is 1. The number of non-ortho nitro benzene ring substituents is 1. The molecule has 0 aliphatic heterocycles. The van der Waals surface area contributed by atoms with Gasteiger partial charge in [-0.25, -0.2) is 0 Å². The van der Waals surface area contributed by atoms with E-state index in [9.17, 15) is 15.2 Å². The van der Waals surface area contributed by atoms with E-state index in [-0.39, 0.29) is 5.69 Å². The molecule has 5 rings (SSSR count). The zero-order valence-corrected chi connectivity index (χ0v) is 13.4. The Morgan fingerprint density at radius 2 is 1.65 bits per heavy atom. The predicted molar refractivity (Wildman–Crippen MR) is 85.8 cm³/mol. The molecule has 0 radical (unpaired) electrons. The van der Waals surface area contributed by atoms with Crippen molar-refractivity contribution in [1.29, 1.82) is 0 Å². The van der Waals surface area contributed by atoms with Crippen LogP contribution in [0.2, 0.25) is 0 Å². The smallest absolute Gasteiger partial charge is 0.269 e. The van der Waals surface area contributed by atoms with Gasteiger partial charge in [-0.05, 0) is 54.7 Å². The Bertz CT molecular complexity index is 564. The highest BCUT2D eigenvalue weighted by Gasteiger charge is 2.53. The fourth-order valence-electron chi connectivity index (χ4n) is 5.74. The monoisotopic (exact) mass is 317 g/mol. The SMILES string of the molecule is O=[N+]([O-])c1ccc([C@H](O)C[NH2+]C23CC4CC(CC(C4)C2)C3)cc1. The van der Waals surface area contributed by atoms with E-state index in [1.54, 1.807) is 12.1 Å². The predicted octanol–water partition coefficient (Wildman–Crippen LogP) is 2.16. The summed E-state index contributed by atoms with van der Waals surface area (Å²) in [6.45, 7) is 0.657. The first-order valence-electron chi connectivity index (χ1n) is 8.80. The second kappa shape index (κ2) is 5.56. The van der Waals surface area contributed by atoms with E-state index in [2.05, 4.69) is 5.32 Å². The molecule has 4 aliphatic rings. The lowest BCUT2D eigenvalue weighted by molar-refractivity contribution is -0.744. The van der Waals surface area contributed by atoms with Gasteiger partial charge in [0.15, 0.2) is 0 Å². The number of rotatable bonds is 5. The lowest BCUT2D eigenvalue weighted by atomic mass is 9.53. The lowest BCUT2D eigenvalue weighted by Gasteiger charge is -2.54. The summed E-state index contributed by atoms with van der Waals surface area (Å²) >= 11 is 0. The number of hydrogen-bond donors (Lipinski definition) is 2. The van der Waals surface area contributed by atoms with Crippen molar-refractivity contribution < 1.29 is 15.3 Å². The molecule has 0 aromatic heterocycles. The summed E-state index contributed by atoms with van der Waals surface area (Å²) in [4.78, 5) is 10.3. The van der Waals surface area contributed by atoms with Gasteiger partial charge in [0, 0.05) is 31.4 Å². The molecule has 5 nitrogen and oxygen atoms in total. The molecule has 0 unspecified atom stereocenters. The normalized spacial score (nSPS) is 36.1. The van der Waals surface area contributed by atoms with E-state index in [4.69, 9.17) is 0 Å². The second-order valence-corrected chi connectivity index (χ2v) is 8.08. The topological polar surface area (TPSA) is 80.0 Å². The van der Waals surface area contributed by atoms with Crippen molar-refractivity contribution in [3.05, 3.63) is 39.9 Å². The summed E-state index contributed by atoms with van der Waals surface area (Å²) < 4.78 is 0. The van der Waals surface area contributed by atoms with E-state index in [0.717, 1.165) is 23.3 Å². The number of quaternary nitrogens is 1. The number of aliphatic hydroxyl groups excluding tert-OH is 1. The molecule has 5 heteroatoms. The number of nitro groups is 1. The number of benzene rings is 1. The van der Waals surface area contributed by atoms with Gasteiger partial charge in [0.05, 0.1) is 10.5 Å². The van der Waals surface area contributed by atoms with Gasteiger partial charge in [0.25, 0.3) is 5.69 Å². The minimum absolute atomic E-state index is 0.0750. The van der Waals surface area contributed by atoms with Crippen molar-refractivity contribution in [2.24, 2.45) is 17.8 Å². The van der Waals surface area contributed by atoms with Crippen molar-refractivity contribution >= 4 is 5.69 Å². The Hall–Kier alpha value is -1.46. The second-order valence-electron chi connectivity index (χ2n) is 8.08. The summed E-state index contributed by atoms with van der Waals surface area (Å²) in [5, 5.41) is 23.5. The third-order valence-electron chi connectivity index (χ3n) is 6.35. The van der Waals surface area contributed by atoms with Gasteiger partial charge < -0.3 is 10.4 Å². The van der Waals surface area contributed by atoms with Crippen LogP contribution in [0.15, 0.2) is 24.3 Å². The van der Waals surface area contributed by atoms with Crippen LogP contribution >= 0.6 is 0 Å². The average molecular weight is 317 g/mol. The van der Waals surface area contributed by atoms with Crippen molar-refractivity contribution in [3.63, 3.8) is 0 Å². The maximum atomic E-state index is 10.7. The van der Waals surface area contributed by atoms with Crippen molar-refractivity contribution in [2.45, 2.75) is 50.2 Å². The Morgan fingerprint density at radius 3 is 2.13 bits per heavy atom. The van der Waals surface area contributed by atoms with Crippen LogP contribution in [0.25, 0.3) is 0 Å². The molecule has 0 amide bonds. The van der Waals surface area contributed by atoms with Crippen LogP contribution in [0.3, 0.4) is 0 Å². The molecule has 3 N–H and O–H groups in total. The lowest BCUT2D eigenvalue weighted by Crippen LogP contribution is -2.99. The highest BCUT2D eigenvalue weighted by molar-refractivity contribution is 5.33. The zero-order valence-electron chi connectivity index (χ0n) is 13.4. The number of nitro benzene ring substituents is 1. The summed E-state index contributed by atoms with van der Waals surface area (Å²) in [5.74, 6) is 2.73. The molecule has 4 aliphatic carbocycles. The number of nitrogens with zero attached hydrogens (tertiary/aromatic N) is 1. The molecular weight excluding hydrogens is 292 g/mol. The maximum absolute atomic E-state index is 10.7. The molecule has 4 fully saturated rings. The Kier molecular flexibility index (Phi) is 3.65. The Labute approximate surface area is 136 Å². The first kappa shape index (κ1) is 15.1. The molecule has 0 spiro atoms. The third-order valence-corrected chi connectivity index (χ3v) is 6.35. The van der Waals surface area contributed by atoms with Crippen LogP contribution in [0.4, 0.5) is 5.69 Å². The largest absolute Gasteiger partial charge is 0.382 e. The third kappa shape index (κ3) is 2.88. The van der Waals surface area contributed by atoms with Crippen LogP contribution in [-0.2, 0) is 0 Å². The summed E-state index contributed by atoms with van der Waals surface area (Å²) in [7, 11) is 0.